The van der Waals surface area contributed by atoms with Crippen LogP contribution in [0.2, 0.25) is 0 Å². The normalized spacial score (nSPS) is 10.2. The Balaban J connectivity index is 2.61. The van der Waals surface area contributed by atoms with Crippen molar-refractivity contribution in [3.05, 3.63) is 48.0 Å². The number of methoxy groups -OCH3 is 1. The Hall–Kier alpha value is -2.00. The van der Waals surface area contributed by atoms with Gasteiger partial charge in [-0.2, -0.15) is 0 Å². The van der Waals surface area contributed by atoms with Gasteiger partial charge < -0.3 is 14.9 Å². The first kappa shape index (κ1) is 11.5. The molecule has 88 valence electrons. The highest BCUT2D eigenvalue weighted by molar-refractivity contribution is 5.74. The number of benzene rings is 2. The summed E-state index contributed by atoms with van der Waals surface area (Å²) in [6, 6.07) is 12.7. The van der Waals surface area contributed by atoms with Crippen LogP contribution in [0.5, 0.6) is 11.5 Å². The molecule has 0 spiro atoms. The number of rotatable bonds is 3. The molecular formula is C14H14O3. The monoisotopic (exact) mass is 230 g/mol. The molecule has 2 rings (SSSR count). The molecule has 2 aromatic carbocycles. The van der Waals surface area contributed by atoms with Gasteiger partial charge in [-0.15, -0.1) is 0 Å². The Bertz CT molecular complexity index is 506. The fourth-order valence-corrected chi connectivity index (χ4v) is 1.84. The van der Waals surface area contributed by atoms with E-state index in [1.165, 1.54) is 7.11 Å². The molecule has 0 atom stereocenters. The van der Waals surface area contributed by atoms with Crippen LogP contribution < -0.4 is 4.74 Å². The Morgan fingerprint density at radius 3 is 2.41 bits per heavy atom. The smallest absolute Gasteiger partial charge is 0.127 e. The maximum atomic E-state index is 10.00. The summed E-state index contributed by atoms with van der Waals surface area (Å²) in [6.45, 7) is -0.144. The second-order valence-electron chi connectivity index (χ2n) is 3.70. The molecule has 0 radical (unpaired) electrons. The highest BCUT2D eigenvalue weighted by atomic mass is 16.5. The van der Waals surface area contributed by atoms with Crippen molar-refractivity contribution in [1.82, 2.24) is 0 Å². The van der Waals surface area contributed by atoms with Gasteiger partial charge in [-0.25, -0.2) is 0 Å². The summed E-state index contributed by atoms with van der Waals surface area (Å²) >= 11 is 0. The van der Waals surface area contributed by atoms with Crippen molar-refractivity contribution in [2.24, 2.45) is 0 Å². The number of ether oxygens (including phenoxy) is 1. The van der Waals surface area contributed by atoms with Crippen molar-refractivity contribution in [1.29, 1.82) is 0 Å². The fourth-order valence-electron chi connectivity index (χ4n) is 1.84. The second kappa shape index (κ2) is 4.89. The third-order valence-corrected chi connectivity index (χ3v) is 2.64. The average Bonchev–Trinajstić information content (AvgIpc) is 2.38. The Morgan fingerprint density at radius 1 is 1.12 bits per heavy atom. The van der Waals surface area contributed by atoms with Crippen LogP contribution in [0.1, 0.15) is 5.56 Å². The standard InChI is InChI=1S/C14H14O3/c1-17-12-7-11(9-15)14(13(16)8-12)10-5-3-2-4-6-10/h2-8,15-16H,9H2,1H3. The zero-order chi connectivity index (χ0) is 12.3. The number of phenols is 1. The Kier molecular flexibility index (Phi) is 3.30. The summed E-state index contributed by atoms with van der Waals surface area (Å²) in [5, 5.41) is 19.4. The van der Waals surface area contributed by atoms with Crippen molar-refractivity contribution in [2.75, 3.05) is 7.11 Å². The molecule has 17 heavy (non-hydrogen) atoms. The lowest BCUT2D eigenvalue weighted by molar-refractivity contribution is 0.281. The number of hydrogen-bond donors (Lipinski definition) is 2. The highest BCUT2D eigenvalue weighted by Gasteiger charge is 2.11. The average molecular weight is 230 g/mol. The lowest BCUT2D eigenvalue weighted by Crippen LogP contribution is -1.93. The largest absolute Gasteiger partial charge is 0.507 e. The van der Waals surface area contributed by atoms with Crippen molar-refractivity contribution in [3.63, 3.8) is 0 Å². The van der Waals surface area contributed by atoms with E-state index in [9.17, 15) is 10.2 Å². The maximum absolute atomic E-state index is 10.00. The molecule has 3 heteroatoms. The van der Waals surface area contributed by atoms with Gasteiger partial charge in [0.1, 0.15) is 11.5 Å². The Labute approximate surface area is 99.9 Å². The van der Waals surface area contributed by atoms with Crippen LogP contribution in [-0.4, -0.2) is 17.3 Å². The minimum Gasteiger partial charge on any atom is -0.507 e. The second-order valence-corrected chi connectivity index (χ2v) is 3.70. The van der Waals surface area contributed by atoms with Gasteiger partial charge in [0.25, 0.3) is 0 Å². The van der Waals surface area contributed by atoms with Crippen molar-refractivity contribution >= 4 is 0 Å². The van der Waals surface area contributed by atoms with Crippen LogP contribution in [0, 0.1) is 0 Å². The van der Waals surface area contributed by atoms with Gasteiger partial charge in [0.2, 0.25) is 0 Å². The predicted molar refractivity (Wildman–Crippen MR) is 66.0 cm³/mol. The third-order valence-electron chi connectivity index (χ3n) is 2.64. The van der Waals surface area contributed by atoms with Crippen LogP contribution in [0.25, 0.3) is 11.1 Å². The summed E-state index contributed by atoms with van der Waals surface area (Å²) < 4.78 is 5.06. The highest BCUT2D eigenvalue weighted by Crippen LogP contribution is 2.36. The van der Waals surface area contributed by atoms with E-state index in [1.807, 2.05) is 30.3 Å². The first-order valence-electron chi connectivity index (χ1n) is 5.32. The van der Waals surface area contributed by atoms with Gasteiger partial charge in [-0.3, -0.25) is 0 Å². The third kappa shape index (κ3) is 2.24. The molecule has 0 heterocycles. The van der Waals surface area contributed by atoms with Gasteiger partial charge in [-0.1, -0.05) is 30.3 Å². The van der Waals surface area contributed by atoms with Crippen LogP contribution in [0.15, 0.2) is 42.5 Å². The number of aliphatic hydroxyl groups excluding tert-OH is 1. The topological polar surface area (TPSA) is 49.7 Å². The summed E-state index contributed by atoms with van der Waals surface area (Å²) in [7, 11) is 1.53. The van der Waals surface area contributed by atoms with Gasteiger partial charge in [-0.05, 0) is 17.2 Å². The molecule has 0 amide bonds. The van der Waals surface area contributed by atoms with E-state index in [1.54, 1.807) is 12.1 Å². The minimum atomic E-state index is -0.144. The molecule has 0 aromatic heterocycles. The van der Waals surface area contributed by atoms with Crippen molar-refractivity contribution in [3.8, 4) is 22.6 Å². The molecule has 2 aromatic rings. The van der Waals surface area contributed by atoms with Crippen LogP contribution in [-0.2, 0) is 6.61 Å². The molecule has 0 aliphatic heterocycles. The van der Waals surface area contributed by atoms with Crippen LogP contribution in [0.3, 0.4) is 0 Å². The van der Waals surface area contributed by atoms with E-state index in [0.29, 0.717) is 16.9 Å². The molecule has 2 N–H and O–H groups in total. The predicted octanol–water partition coefficient (Wildman–Crippen LogP) is 2.56. The molecule has 0 aliphatic rings. The van der Waals surface area contributed by atoms with Crippen LogP contribution in [0.4, 0.5) is 0 Å². The van der Waals surface area contributed by atoms with E-state index < -0.39 is 0 Å². The molecule has 0 aliphatic carbocycles. The van der Waals surface area contributed by atoms with Crippen molar-refractivity contribution < 1.29 is 14.9 Å². The lowest BCUT2D eigenvalue weighted by atomic mass is 9.98. The molecular weight excluding hydrogens is 216 g/mol. The van der Waals surface area contributed by atoms with E-state index >= 15 is 0 Å². The molecule has 0 unspecified atom stereocenters. The number of aromatic hydroxyl groups is 1. The SMILES string of the molecule is COc1cc(O)c(-c2ccccc2)c(CO)c1. The van der Waals surface area contributed by atoms with Crippen molar-refractivity contribution in [2.45, 2.75) is 6.61 Å². The molecule has 0 fully saturated rings. The number of hydrogen-bond acceptors (Lipinski definition) is 3. The summed E-state index contributed by atoms with van der Waals surface area (Å²) in [5.74, 6) is 0.644. The first-order valence-corrected chi connectivity index (χ1v) is 5.32. The Morgan fingerprint density at radius 2 is 1.82 bits per heavy atom. The minimum absolute atomic E-state index is 0.111. The van der Waals surface area contributed by atoms with Gasteiger partial charge in [0, 0.05) is 11.6 Å². The maximum Gasteiger partial charge on any atom is 0.127 e. The van der Waals surface area contributed by atoms with Crippen LogP contribution >= 0.6 is 0 Å². The quantitative estimate of drug-likeness (QED) is 0.852. The first-order chi connectivity index (χ1) is 8.26. The zero-order valence-corrected chi connectivity index (χ0v) is 9.55. The fraction of sp³-hybridized carbons (Fsp3) is 0.143. The number of phenolic OH excluding ortho intramolecular Hbond substituents is 1. The van der Waals surface area contributed by atoms with E-state index in [-0.39, 0.29) is 12.4 Å². The molecule has 3 nitrogen and oxygen atoms in total. The number of aliphatic hydroxyl groups is 1. The molecule has 0 saturated heterocycles. The molecule has 0 bridgehead atoms. The van der Waals surface area contributed by atoms with E-state index in [4.69, 9.17) is 4.74 Å². The summed E-state index contributed by atoms with van der Waals surface area (Å²) in [6.07, 6.45) is 0. The molecule has 0 saturated carbocycles. The van der Waals surface area contributed by atoms with E-state index in [0.717, 1.165) is 5.56 Å². The van der Waals surface area contributed by atoms with Gasteiger partial charge >= 0.3 is 0 Å². The van der Waals surface area contributed by atoms with Gasteiger partial charge in [0.05, 0.1) is 13.7 Å². The van der Waals surface area contributed by atoms with E-state index in [2.05, 4.69) is 0 Å². The lowest BCUT2D eigenvalue weighted by Gasteiger charge is -2.12. The summed E-state index contributed by atoms with van der Waals surface area (Å²) in [4.78, 5) is 0. The van der Waals surface area contributed by atoms with Gasteiger partial charge in [0.15, 0.2) is 0 Å². The zero-order valence-electron chi connectivity index (χ0n) is 9.55. The summed E-state index contributed by atoms with van der Waals surface area (Å²) in [5.41, 5.74) is 2.17.